The van der Waals surface area contributed by atoms with E-state index in [1.807, 2.05) is 11.7 Å². The molecule has 0 bridgehead atoms. The molecule has 0 unspecified atom stereocenters. The number of rotatable bonds is 2. The third kappa shape index (κ3) is 1.76. The second-order valence-electron chi connectivity index (χ2n) is 4.70. The Bertz CT molecular complexity index is 555. The summed E-state index contributed by atoms with van der Waals surface area (Å²) in [5.41, 5.74) is 12.1. The average molecular weight is 227 g/mol. The topological polar surface area (TPSA) is 43.8 Å². The van der Waals surface area contributed by atoms with Crippen LogP contribution in [0.1, 0.15) is 23.2 Å². The lowest BCUT2D eigenvalue weighted by Gasteiger charge is -2.04. The molecule has 0 saturated heterocycles. The van der Waals surface area contributed by atoms with Gasteiger partial charge in [-0.15, -0.1) is 0 Å². The molecule has 1 heterocycles. The van der Waals surface area contributed by atoms with Gasteiger partial charge in [0.25, 0.3) is 0 Å². The molecular formula is C14H17N3. The molecule has 3 heteroatoms. The fourth-order valence-corrected chi connectivity index (χ4v) is 2.67. The molecule has 2 aromatic rings. The first-order valence-corrected chi connectivity index (χ1v) is 6.12. The molecule has 88 valence electrons. The zero-order valence-electron chi connectivity index (χ0n) is 10.1. The maximum absolute atomic E-state index is 5.74. The number of aryl methyl sites for hydroxylation is 3. The highest BCUT2D eigenvalue weighted by Gasteiger charge is 2.14. The zero-order chi connectivity index (χ0) is 11.8. The molecule has 0 aliphatic heterocycles. The van der Waals surface area contributed by atoms with E-state index in [2.05, 4.69) is 29.5 Å². The van der Waals surface area contributed by atoms with Crippen molar-refractivity contribution in [1.29, 1.82) is 0 Å². The van der Waals surface area contributed by atoms with Gasteiger partial charge in [-0.25, -0.2) is 0 Å². The standard InChI is InChI=1S/C14H17N3/c1-17-9-13(14(8-15)16-17)12-6-5-10-3-2-4-11(10)7-12/h5-7,9H,2-4,8,15H2,1H3. The predicted octanol–water partition coefficient (Wildman–Crippen LogP) is 2.03. The summed E-state index contributed by atoms with van der Waals surface area (Å²) in [6, 6.07) is 6.75. The number of fused-ring (bicyclic) bond motifs is 1. The second kappa shape index (κ2) is 4.00. The molecule has 0 radical (unpaired) electrons. The van der Waals surface area contributed by atoms with Crippen molar-refractivity contribution in [3.05, 3.63) is 41.2 Å². The van der Waals surface area contributed by atoms with Gasteiger partial charge in [0.05, 0.1) is 5.69 Å². The van der Waals surface area contributed by atoms with Crippen LogP contribution in [0.15, 0.2) is 24.4 Å². The minimum absolute atomic E-state index is 0.493. The van der Waals surface area contributed by atoms with Crippen molar-refractivity contribution in [1.82, 2.24) is 9.78 Å². The monoisotopic (exact) mass is 227 g/mol. The highest BCUT2D eigenvalue weighted by atomic mass is 15.3. The van der Waals surface area contributed by atoms with E-state index in [4.69, 9.17) is 5.73 Å². The molecule has 0 atom stereocenters. The van der Waals surface area contributed by atoms with Crippen LogP contribution in [0.3, 0.4) is 0 Å². The summed E-state index contributed by atoms with van der Waals surface area (Å²) in [5, 5.41) is 4.39. The van der Waals surface area contributed by atoms with E-state index in [1.54, 1.807) is 0 Å². The van der Waals surface area contributed by atoms with Crippen molar-refractivity contribution >= 4 is 0 Å². The van der Waals surface area contributed by atoms with Crippen LogP contribution in [0.4, 0.5) is 0 Å². The normalized spacial score (nSPS) is 14.0. The molecule has 0 spiro atoms. The predicted molar refractivity (Wildman–Crippen MR) is 68.6 cm³/mol. The molecule has 1 aliphatic carbocycles. The molecule has 2 N–H and O–H groups in total. The smallest absolute Gasteiger partial charge is 0.0838 e. The second-order valence-corrected chi connectivity index (χ2v) is 4.70. The number of hydrogen-bond acceptors (Lipinski definition) is 2. The first kappa shape index (κ1) is 10.5. The van der Waals surface area contributed by atoms with Crippen molar-refractivity contribution in [2.24, 2.45) is 12.8 Å². The number of benzene rings is 1. The van der Waals surface area contributed by atoms with Crippen LogP contribution in [-0.2, 0) is 26.4 Å². The van der Waals surface area contributed by atoms with Gasteiger partial charge in [-0.05, 0) is 36.0 Å². The highest BCUT2D eigenvalue weighted by Crippen LogP contribution is 2.29. The van der Waals surface area contributed by atoms with Crippen molar-refractivity contribution in [3.8, 4) is 11.1 Å². The molecule has 0 saturated carbocycles. The molecule has 1 aromatic heterocycles. The van der Waals surface area contributed by atoms with Gasteiger partial charge in [-0.1, -0.05) is 18.2 Å². The third-order valence-corrected chi connectivity index (χ3v) is 3.51. The largest absolute Gasteiger partial charge is 0.325 e. The molecule has 0 amide bonds. The average Bonchev–Trinajstić information content (AvgIpc) is 2.93. The Morgan fingerprint density at radius 2 is 2.12 bits per heavy atom. The summed E-state index contributed by atoms with van der Waals surface area (Å²) in [6.45, 7) is 0.493. The zero-order valence-corrected chi connectivity index (χ0v) is 10.1. The van der Waals surface area contributed by atoms with Crippen LogP contribution >= 0.6 is 0 Å². The fraction of sp³-hybridized carbons (Fsp3) is 0.357. The van der Waals surface area contributed by atoms with Gasteiger partial charge in [0.15, 0.2) is 0 Å². The van der Waals surface area contributed by atoms with Crippen LogP contribution in [-0.4, -0.2) is 9.78 Å². The summed E-state index contributed by atoms with van der Waals surface area (Å²) in [7, 11) is 1.94. The van der Waals surface area contributed by atoms with E-state index in [1.165, 1.54) is 41.5 Å². The van der Waals surface area contributed by atoms with Crippen LogP contribution in [0.25, 0.3) is 11.1 Å². The molecule has 17 heavy (non-hydrogen) atoms. The number of nitrogens with two attached hydrogens (primary N) is 1. The lowest BCUT2D eigenvalue weighted by atomic mass is 10.0. The molecule has 3 nitrogen and oxygen atoms in total. The first-order chi connectivity index (χ1) is 8.28. The van der Waals surface area contributed by atoms with E-state index in [0.29, 0.717) is 6.54 Å². The Hall–Kier alpha value is -1.61. The lowest BCUT2D eigenvalue weighted by molar-refractivity contribution is 0.742. The highest BCUT2D eigenvalue weighted by molar-refractivity contribution is 5.67. The van der Waals surface area contributed by atoms with Crippen molar-refractivity contribution in [3.63, 3.8) is 0 Å². The van der Waals surface area contributed by atoms with Crippen molar-refractivity contribution < 1.29 is 0 Å². The van der Waals surface area contributed by atoms with Gasteiger partial charge in [-0.2, -0.15) is 5.10 Å². The maximum Gasteiger partial charge on any atom is 0.0838 e. The quantitative estimate of drug-likeness (QED) is 0.853. The first-order valence-electron chi connectivity index (χ1n) is 6.12. The summed E-state index contributed by atoms with van der Waals surface area (Å²) < 4.78 is 1.84. The van der Waals surface area contributed by atoms with Crippen LogP contribution < -0.4 is 5.73 Å². The van der Waals surface area contributed by atoms with Crippen LogP contribution in [0.2, 0.25) is 0 Å². The van der Waals surface area contributed by atoms with Gasteiger partial charge >= 0.3 is 0 Å². The minimum Gasteiger partial charge on any atom is -0.325 e. The summed E-state index contributed by atoms with van der Waals surface area (Å²) in [5.74, 6) is 0. The number of hydrogen-bond donors (Lipinski definition) is 1. The Balaban J connectivity index is 2.08. The van der Waals surface area contributed by atoms with Gasteiger partial charge in [0.1, 0.15) is 0 Å². The number of aromatic nitrogens is 2. The molecule has 1 aromatic carbocycles. The molecule has 0 fully saturated rings. The van der Waals surface area contributed by atoms with E-state index in [0.717, 1.165) is 5.69 Å². The van der Waals surface area contributed by atoms with E-state index in [-0.39, 0.29) is 0 Å². The van der Waals surface area contributed by atoms with Gasteiger partial charge in [0, 0.05) is 25.4 Å². The minimum atomic E-state index is 0.493. The number of nitrogens with zero attached hydrogens (tertiary/aromatic N) is 2. The van der Waals surface area contributed by atoms with Crippen molar-refractivity contribution in [2.45, 2.75) is 25.8 Å². The van der Waals surface area contributed by atoms with E-state index >= 15 is 0 Å². The summed E-state index contributed by atoms with van der Waals surface area (Å²) >= 11 is 0. The molecule has 1 aliphatic rings. The van der Waals surface area contributed by atoms with Gasteiger partial charge < -0.3 is 5.73 Å². The van der Waals surface area contributed by atoms with Gasteiger partial charge in [-0.3, -0.25) is 4.68 Å². The van der Waals surface area contributed by atoms with Crippen LogP contribution in [0.5, 0.6) is 0 Å². The van der Waals surface area contributed by atoms with Crippen molar-refractivity contribution in [2.75, 3.05) is 0 Å². The Kier molecular flexibility index (Phi) is 2.48. The maximum atomic E-state index is 5.74. The van der Waals surface area contributed by atoms with Crippen LogP contribution in [0, 0.1) is 0 Å². The fourth-order valence-electron chi connectivity index (χ4n) is 2.67. The Morgan fingerprint density at radius 3 is 2.94 bits per heavy atom. The Labute approximate surface area is 101 Å². The lowest BCUT2D eigenvalue weighted by Crippen LogP contribution is -2.00. The summed E-state index contributed by atoms with van der Waals surface area (Å²) in [6.07, 6.45) is 5.78. The Morgan fingerprint density at radius 1 is 1.29 bits per heavy atom. The summed E-state index contributed by atoms with van der Waals surface area (Å²) in [4.78, 5) is 0. The van der Waals surface area contributed by atoms with Gasteiger partial charge in [0.2, 0.25) is 0 Å². The molecular weight excluding hydrogens is 210 g/mol. The SMILES string of the molecule is Cn1cc(-c2ccc3c(c2)CCC3)c(CN)n1. The van der Waals surface area contributed by atoms with E-state index < -0.39 is 0 Å². The van der Waals surface area contributed by atoms with E-state index in [9.17, 15) is 0 Å². The molecule has 3 rings (SSSR count). The third-order valence-electron chi connectivity index (χ3n) is 3.51.